The lowest BCUT2D eigenvalue weighted by Crippen LogP contribution is -2.51. The Labute approximate surface area is 129 Å². The standard InChI is InChI=1S/C14H23N3OS2/c1-16(2)8-11-7-15-14(20-11)9-17-4-6-19-13-10-18-5-3-12(13)17/h7,12-13H,3-6,8-10H2,1-2H3/t12-,13-/m1/s1. The van der Waals surface area contributed by atoms with Crippen LogP contribution >= 0.6 is 23.1 Å². The highest BCUT2D eigenvalue weighted by Crippen LogP contribution is 2.31. The topological polar surface area (TPSA) is 28.6 Å². The normalized spacial score (nSPS) is 27.8. The van der Waals surface area contributed by atoms with Gasteiger partial charge in [-0.3, -0.25) is 4.90 Å². The van der Waals surface area contributed by atoms with Crippen LogP contribution in [-0.4, -0.2) is 65.7 Å². The van der Waals surface area contributed by atoms with Crippen molar-refractivity contribution in [2.24, 2.45) is 0 Å². The SMILES string of the molecule is CN(C)Cc1cnc(CN2CCS[C@@H]3COCC[C@H]32)s1. The molecule has 0 spiro atoms. The molecule has 0 unspecified atom stereocenters. The van der Waals surface area contributed by atoms with Gasteiger partial charge in [0.2, 0.25) is 0 Å². The zero-order chi connectivity index (χ0) is 13.9. The highest BCUT2D eigenvalue weighted by molar-refractivity contribution is 8.00. The fourth-order valence-electron chi connectivity index (χ4n) is 2.94. The number of hydrogen-bond acceptors (Lipinski definition) is 6. The van der Waals surface area contributed by atoms with Crippen LogP contribution in [-0.2, 0) is 17.8 Å². The first-order chi connectivity index (χ1) is 9.72. The van der Waals surface area contributed by atoms with Crippen LogP contribution in [0.3, 0.4) is 0 Å². The van der Waals surface area contributed by atoms with E-state index in [0.29, 0.717) is 11.3 Å². The zero-order valence-corrected chi connectivity index (χ0v) is 13.9. The molecule has 0 bridgehead atoms. The number of fused-ring (bicyclic) bond motifs is 1. The number of nitrogens with zero attached hydrogens (tertiary/aromatic N) is 3. The Morgan fingerprint density at radius 2 is 2.40 bits per heavy atom. The van der Waals surface area contributed by atoms with Crippen LogP contribution in [0.25, 0.3) is 0 Å². The summed E-state index contributed by atoms with van der Waals surface area (Å²) in [6.07, 6.45) is 3.22. The average Bonchev–Trinajstić information content (AvgIpc) is 2.86. The van der Waals surface area contributed by atoms with E-state index in [4.69, 9.17) is 4.74 Å². The molecule has 3 rings (SSSR count). The van der Waals surface area contributed by atoms with Crippen molar-refractivity contribution >= 4 is 23.1 Å². The van der Waals surface area contributed by atoms with Crippen molar-refractivity contribution in [1.29, 1.82) is 0 Å². The first-order valence-corrected chi connectivity index (χ1v) is 9.10. The molecule has 2 aliphatic rings. The number of aromatic nitrogens is 1. The average molecular weight is 313 g/mol. The second-order valence-corrected chi connectivity index (χ2v) is 8.32. The minimum atomic E-state index is 0.665. The van der Waals surface area contributed by atoms with Crippen molar-refractivity contribution in [3.05, 3.63) is 16.1 Å². The summed E-state index contributed by atoms with van der Waals surface area (Å²) in [5.74, 6) is 1.22. The van der Waals surface area contributed by atoms with Gasteiger partial charge in [0.25, 0.3) is 0 Å². The van der Waals surface area contributed by atoms with Gasteiger partial charge in [0, 0.05) is 47.8 Å². The lowest BCUT2D eigenvalue weighted by molar-refractivity contribution is 0.0351. The van der Waals surface area contributed by atoms with Crippen LogP contribution < -0.4 is 0 Å². The number of rotatable bonds is 4. The molecule has 1 aromatic heterocycles. The van der Waals surface area contributed by atoms with Gasteiger partial charge in [0.1, 0.15) is 5.01 Å². The third-order valence-electron chi connectivity index (χ3n) is 3.86. The monoisotopic (exact) mass is 313 g/mol. The third kappa shape index (κ3) is 3.54. The van der Waals surface area contributed by atoms with Gasteiger partial charge in [-0.05, 0) is 20.5 Å². The molecule has 0 aromatic carbocycles. The highest BCUT2D eigenvalue weighted by Gasteiger charge is 2.34. The molecular weight excluding hydrogens is 290 g/mol. The van der Waals surface area contributed by atoms with E-state index in [1.54, 1.807) is 0 Å². The van der Waals surface area contributed by atoms with Gasteiger partial charge in [0.05, 0.1) is 13.2 Å². The van der Waals surface area contributed by atoms with E-state index >= 15 is 0 Å². The Morgan fingerprint density at radius 1 is 1.50 bits per heavy atom. The van der Waals surface area contributed by atoms with E-state index in [-0.39, 0.29) is 0 Å². The molecule has 6 heteroatoms. The number of hydrogen-bond donors (Lipinski definition) is 0. The van der Waals surface area contributed by atoms with E-state index in [1.165, 1.54) is 28.6 Å². The molecule has 0 saturated carbocycles. The van der Waals surface area contributed by atoms with Gasteiger partial charge in [-0.15, -0.1) is 11.3 Å². The van der Waals surface area contributed by atoms with Crippen LogP contribution in [0.15, 0.2) is 6.20 Å². The lowest BCUT2D eigenvalue weighted by Gasteiger charge is -2.43. The number of thioether (sulfide) groups is 1. The fourth-order valence-corrected chi connectivity index (χ4v) is 5.37. The van der Waals surface area contributed by atoms with E-state index in [0.717, 1.165) is 26.3 Å². The molecule has 2 fully saturated rings. The molecule has 0 aliphatic carbocycles. The molecule has 4 nitrogen and oxygen atoms in total. The van der Waals surface area contributed by atoms with Crippen molar-refractivity contribution in [2.75, 3.05) is 39.6 Å². The third-order valence-corrected chi connectivity index (χ3v) is 6.12. The predicted molar refractivity (Wildman–Crippen MR) is 85.4 cm³/mol. The second kappa shape index (κ2) is 6.75. The molecule has 2 atom stereocenters. The summed E-state index contributed by atoms with van der Waals surface area (Å²) in [7, 11) is 4.21. The van der Waals surface area contributed by atoms with Crippen molar-refractivity contribution in [3.8, 4) is 0 Å². The highest BCUT2D eigenvalue weighted by atomic mass is 32.2. The molecular formula is C14H23N3OS2. The summed E-state index contributed by atoms with van der Waals surface area (Å²) in [4.78, 5) is 10.8. The summed E-state index contributed by atoms with van der Waals surface area (Å²) < 4.78 is 5.62. The van der Waals surface area contributed by atoms with Crippen LogP contribution in [0.5, 0.6) is 0 Å². The van der Waals surface area contributed by atoms with Gasteiger partial charge in [0.15, 0.2) is 0 Å². The van der Waals surface area contributed by atoms with Gasteiger partial charge < -0.3 is 9.64 Å². The molecule has 2 saturated heterocycles. The van der Waals surface area contributed by atoms with Crippen molar-refractivity contribution in [1.82, 2.24) is 14.8 Å². The summed E-state index contributed by atoms with van der Waals surface area (Å²) >= 11 is 3.95. The summed E-state index contributed by atoms with van der Waals surface area (Å²) in [6, 6.07) is 0.684. The van der Waals surface area contributed by atoms with E-state index < -0.39 is 0 Å². The Bertz CT molecular complexity index is 436. The van der Waals surface area contributed by atoms with E-state index in [1.807, 2.05) is 17.5 Å². The Morgan fingerprint density at radius 3 is 3.25 bits per heavy atom. The Kier molecular flexibility index (Phi) is 4.99. The molecule has 112 valence electrons. The molecule has 3 heterocycles. The second-order valence-electron chi connectivity index (χ2n) is 5.77. The van der Waals surface area contributed by atoms with Crippen LogP contribution in [0.2, 0.25) is 0 Å². The van der Waals surface area contributed by atoms with Crippen LogP contribution in [0.1, 0.15) is 16.3 Å². The predicted octanol–water partition coefficient (Wildman–Crippen LogP) is 1.91. The maximum atomic E-state index is 5.62. The summed E-state index contributed by atoms with van der Waals surface area (Å²) in [5.41, 5.74) is 0. The summed E-state index contributed by atoms with van der Waals surface area (Å²) in [6.45, 7) is 5.04. The van der Waals surface area contributed by atoms with Gasteiger partial charge in [-0.1, -0.05) is 0 Å². The zero-order valence-electron chi connectivity index (χ0n) is 12.2. The molecule has 0 N–H and O–H groups in total. The largest absolute Gasteiger partial charge is 0.380 e. The molecule has 1 aromatic rings. The summed E-state index contributed by atoms with van der Waals surface area (Å²) in [5, 5.41) is 1.93. The molecule has 20 heavy (non-hydrogen) atoms. The minimum absolute atomic E-state index is 0.665. The smallest absolute Gasteiger partial charge is 0.107 e. The van der Waals surface area contributed by atoms with Gasteiger partial charge in [-0.25, -0.2) is 4.98 Å². The maximum Gasteiger partial charge on any atom is 0.107 e. The van der Waals surface area contributed by atoms with Crippen LogP contribution in [0.4, 0.5) is 0 Å². The Hall–Kier alpha value is -0.140. The first-order valence-electron chi connectivity index (χ1n) is 7.24. The molecule has 0 amide bonds. The number of ether oxygens (including phenoxy) is 1. The lowest BCUT2D eigenvalue weighted by atomic mass is 10.1. The number of thiazole rings is 1. The van der Waals surface area contributed by atoms with Gasteiger partial charge >= 0.3 is 0 Å². The minimum Gasteiger partial charge on any atom is -0.380 e. The molecule has 2 aliphatic heterocycles. The quantitative estimate of drug-likeness (QED) is 0.847. The van der Waals surface area contributed by atoms with Gasteiger partial charge in [-0.2, -0.15) is 11.8 Å². The van der Waals surface area contributed by atoms with E-state index in [2.05, 4.69) is 40.6 Å². The molecule has 0 radical (unpaired) electrons. The van der Waals surface area contributed by atoms with Crippen molar-refractivity contribution < 1.29 is 4.74 Å². The first kappa shape index (κ1) is 14.8. The van der Waals surface area contributed by atoms with Crippen LogP contribution in [0, 0.1) is 0 Å². The maximum absolute atomic E-state index is 5.62. The van der Waals surface area contributed by atoms with E-state index in [9.17, 15) is 0 Å². The van der Waals surface area contributed by atoms with Crippen molar-refractivity contribution in [2.45, 2.75) is 30.8 Å². The van der Waals surface area contributed by atoms with Crippen molar-refractivity contribution in [3.63, 3.8) is 0 Å². The fraction of sp³-hybridized carbons (Fsp3) is 0.786. The Balaban J connectivity index is 1.62.